The van der Waals surface area contributed by atoms with Crippen LogP contribution in [0.15, 0.2) is 17.5 Å². The SMILES string of the molecule is C[C@@H](NC(=O)NCCc1cccs1)[C@@H]1CCCO1. The fourth-order valence-corrected chi connectivity index (χ4v) is 2.81. The molecule has 1 aromatic heterocycles. The van der Waals surface area contributed by atoms with E-state index in [1.165, 1.54) is 4.88 Å². The fourth-order valence-electron chi connectivity index (χ4n) is 2.10. The number of hydrogen-bond donors (Lipinski definition) is 2. The van der Waals surface area contributed by atoms with Gasteiger partial charge in [-0.25, -0.2) is 4.79 Å². The summed E-state index contributed by atoms with van der Waals surface area (Å²) in [6.45, 7) is 3.48. The molecule has 2 atom stereocenters. The molecule has 0 aromatic carbocycles. The lowest BCUT2D eigenvalue weighted by Crippen LogP contribution is -2.46. The molecule has 1 aliphatic heterocycles. The molecule has 1 aromatic rings. The predicted molar refractivity (Wildman–Crippen MR) is 73.0 cm³/mol. The number of nitrogens with one attached hydrogen (secondary N) is 2. The monoisotopic (exact) mass is 268 g/mol. The van der Waals surface area contributed by atoms with Crippen LogP contribution in [0, 0.1) is 0 Å². The summed E-state index contributed by atoms with van der Waals surface area (Å²) in [6, 6.07) is 4.09. The van der Waals surface area contributed by atoms with Gasteiger partial charge in [0, 0.05) is 18.0 Å². The summed E-state index contributed by atoms with van der Waals surface area (Å²) >= 11 is 1.72. The average molecular weight is 268 g/mol. The molecular weight excluding hydrogens is 248 g/mol. The molecule has 2 rings (SSSR count). The Labute approximate surface area is 112 Å². The van der Waals surface area contributed by atoms with Gasteiger partial charge in [0.25, 0.3) is 0 Å². The topological polar surface area (TPSA) is 50.4 Å². The van der Waals surface area contributed by atoms with E-state index >= 15 is 0 Å². The lowest BCUT2D eigenvalue weighted by molar-refractivity contribution is 0.0860. The Balaban J connectivity index is 1.62. The number of rotatable bonds is 5. The van der Waals surface area contributed by atoms with Gasteiger partial charge in [-0.15, -0.1) is 11.3 Å². The molecule has 1 fully saturated rings. The van der Waals surface area contributed by atoms with Crippen LogP contribution in [-0.2, 0) is 11.2 Å². The molecule has 0 unspecified atom stereocenters. The van der Waals surface area contributed by atoms with Crippen molar-refractivity contribution in [2.24, 2.45) is 0 Å². The van der Waals surface area contributed by atoms with Gasteiger partial charge in [0.15, 0.2) is 0 Å². The van der Waals surface area contributed by atoms with E-state index in [1.54, 1.807) is 11.3 Å². The maximum Gasteiger partial charge on any atom is 0.315 e. The highest BCUT2D eigenvalue weighted by Crippen LogP contribution is 2.15. The van der Waals surface area contributed by atoms with Crippen molar-refractivity contribution in [3.8, 4) is 0 Å². The van der Waals surface area contributed by atoms with Crippen molar-refractivity contribution in [1.82, 2.24) is 10.6 Å². The van der Waals surface area contributed by atoms with E-state index in [0.717, 1.165) is 25.9 Å². The zero-order valence-corrected chi connectivity index (χ0v) is 11.5. The van der Waals surface area contributed by atoms with Crippen molar-refractivity contribution in [2.75, 3.05) is 13.2 Å². The number of amides is 2. The third-order valence-electron chi connectivity index (χ3n) is 3.12. The number of urea groups is 1. The lowest BCUT2D eigenvalue weighted by Gasteiger charge is -2.20. The Kier molecular flexibility index (Phi) is 5.01. The number of thiophene rings is 1. The Morgan fingerprint density at radius 1 is 1.67 bits per heavy atom. The summed E-state index contributed by atoms with van der Waals surface area (Å²) in [5, 5.41) is 7.86. The van der Waals surface area contributed by atoms with Gasteiger partial charge < -0.3 is 15.4 Å². The second kappa shape index (κ2) is 6.75. The van der Waals surface area contributed by atoms with Crippen LogP contribution in [0.1, 0.15) is 24.6 Å². The summed E-state index contributed by atoms with van der Waals surface area (Å²) in [6.07, 6.45) is 3.19. The van der Waals surface area contributed by atoms with Gasteiger partial charge in [-0.2, -0.15) is 0 Å². The van der Waals surface area contributed by atoms with Gasteiger partial charge in [0.1, 0.15) is 0 Å². The number of hydrogen-bond acceptors (Lipinski definition) is 3. The quantitative estimate of drug-likeness (QED) is 0.859. The van der Waals surface area contributed by atoms with Gasteiger partial charge in [-0.05, 0) is 37.6 Å². The average Bonchev–Trinajstić information content (AvgIpc) is 3.02. The lowest BCUT2D eigenvalue weighted by atomic mass is 10.1. The Bertz CT molecular complexity index is 361. The molecule has 2 N–H and O–H groups in total. The van der Waals surface area contributed by atoms with E-state index in [4.69, 9.17) is 4.74 Å². The van der Waals surface area contributed by atoms with Gasteiger partial charge in [0.05, 0.1) is 12.1 Å². The van der Waals surface area contributed by atoms with E-state index < -0.39 is 0 Å². The largest absolute Gasteiger partial charge is 0.376 e. The number of carbonyl (C=O) groups excluding carboxylic acids is 1. The van der Waals surface area contributed by atoms with E-state index in [1.807, 2.05) is 13.0 Å². The molecule has 0 saturated carbocycles. The molecule has 2 amide bonds. The minimum atomic E-state index is -0.102. The molecule has 0 radical (unpaired) electrons. The van der Waals surface area contributed by atoms with Gasteiger partial charge in [-0.3, -0.25) is 0 Å². The smallest absolute Gasteiger partial charge is 0.315 e. The first kappa shape index (κ1) is 13.4. The van der Waals surface area contributed by atoms with Crippen molar-refractivity contribution in [3.05, 3.63) is 22.4 Å². The third-order valence-corrected chi connectivity index (χ3v) is 4.05. The maximum atomic E-state index is 11.7. The predicted octanol–water partition coefficient (Wildman–Crippen LogP) is 2.16. The zero-order chi connectivity index (χ0) is 12.8. The molecule has 0 spiro atoms. The van der Waals surface area contributed by atoms with Crippen LogP contribution in [0.4, 0.5) is 4.79 Å². The van der Waals surface area contributed by atoms with Crippen molar-refractivity contribution in [1.29, 1.82) is 0 Å². The minimum absolute atomic E-state index is 0.0780. The summed E-state index contributed by atoms with van der Waals surface area (Å²) in [5.74, 6) is 0. The fraction of sp³-hybridized carbons (Fsp3) is 0.615. The molecular formula is C13H20N2O2S. The van der Waals surface area contributed by atoms with Crippen molar-refractivity contribution >= 4 is 17.4 Å². The maximum absolute atomic E-state index is 11.7. The van der Waals surface area contributed by atoms with Gasteiger partial charge in [-0.1, -0.05) is 6.07 Å². The Morgan fingerprint density at radius 2 is 2.56 bits per heavy atom. The van der Waals surface area contributed by atoms with Gasteiger partial charge in [0.2, 0.25) is 0 Å². The summed E-state index contributed by atoms with van der Waals surface area (Å²) in [5.41, 5.74) is 0. The molecule has 2 heterocycles. The van der Waals surface area contributed by atoms with Crippen molar-refractivity contribution in [2.45, 2.75) is 38.3 Å². The van der Waals surface area contributed by atoms with Crippen LogP contribution in [-0.4, -0.2) is 31.3 Å². The number of ether oxygens (including phenoxy) is 1. The van der Waals surface area contributed by atoms with Gasteiger partial charge >= 0.3 is 6.03 Å². The molecule has 18 heavy (non-hydrogen) atoms. The van der Waals surface area contributed by atoms with Crippen LogP contribution in [0.2, 0.25) is 0 Å². The molecule has 0 aliphatic carbocycles. The highest BCUT2D eigenvalue weighted by atomic mass is 32.1. The summed E-state index contributed by atoms with van der Waals surface area (Å²) < 4.78 is 5.54. The normalized spacial score (nSPS) is 20.6. The second-order valence-electron chi connectivity index (χ2n) is 4.57. The first-order valence-corrected chi connectivity index (χ1v) is 7.32. The van der Waals surface area contributed by atoms with Crippen molar-refractivity contribution < 1.29 is 9.53 Å². The summed E-state index contributed by atoms with van der Waals surface area (Å²) in [4.78, 5) is 13.0. The summed E-state index contributed by atoms with van der Waals surface area (Å²) in [7, 11) is 0. The minimum Gasteiger partial charge on any atom is -0.376 e. The van der Waals surface area contributed by atoms with Crippen LogP contribution >= 0.6 is 11.3 Å². The van der Waals surface area contributed by atoms with Crippen LogP contribution < -0.4 is 10.6 Å². The highest BCUT2D eigenvalue weighted by molar-refractivity contribution is 7.09. The first-order valence-electron chi connectivity index (χ1n) is 6.44. The van der Waals surface area contributed by atoms with Crippen LogP contribution in [0.25, 0.3) is 0 Å². The first-order chi connectivity index (χ1) is 8.75. The molecule has 1 saturated heterocycles. The van der Waals surface area contributed by atoms with E-state index in [-0.39, 0.29) is 18.2 Å². The molecule has 100 valence electrons. The number of carbonyl (C=O) groups is 1. The van der Waals surface area contributed by atoms with Crippen LogP contribution in [0.3, 0.4) is 0 Å². The highest BCUT2D eigenvalue weighted by Gasteiger charge is 2.23. The Morgan fingerprint density at radius 3 is 3.22 bits per heavy atom. The standard InChI is InChI=1S/C13H20N2O2S/c1-10(12-5-2-8-17-12)15-13(16)14-7-6-11-4-3-9-18-11/h3-4,9-10,12H,2,5-8H2,1H3,(H2,14,15,16)/t10-,12+/m1/s1. The molecule has 5 heteroatoms. The van der Waals surface area contributed by atoms with Crippen LogP contribution in [0.5, 0.6) is 0 Å². The zero-order valence-electron chi connectivity index (χ0n) is 10.6. The second-order valence-corrected chi connectivity index (χ2v) is 5.60. The van der Waals surface area contributed by atoms with Crippen molar-refractivity contribution in [3.63, 3.8) is 0 Å². The third kappa shape index (κ3) is 3.99. The van der Waals surface area contributed by atoms with E-state index in [2.05, 4.69) is 22.1 Å². The Hall–Kier alpha value is -1.07. The molecule has 0 bridgehead atoms. The van der Waals surface area contributed by atoms with E-state index in [9.17, 15) is 4.79 Å². The van der Waals surface area contributed by atoms with E-state index in [0.29, 0.717) is 6.54 Å². The molecule has 4 nitrogen and oxygen atoms in total. The molecule has 1 aliphatic rings.